The number of nitrogens with one attached hydrogen (secondary N) is 1. The molecule has 0 spiro atoms. The van der Waals surface area contributed by atoms with Gasteiger partial charge in [0.2, 0.25) is 5.91 Å². The average Bonchev–Trinajstić information content (AvgIpc) is 3.39. The number of carbonyl (C=O) groups excluding carboxylic acids is 3. The van der Waals surface area contributed by atoms with Crippen LogP contribution in [-0.4, -0.2) is 76.8 Å². The maximum Gasteiger partial charge on any atom is 0.410 e. The van der Waals surface area contributed by atoms with Crippen LogP contribution in [0.5, 0.6) is 0 Å². The number of benzene rings is 2. The van der Waals surface area contributed by atoms with Gasteiger partial charge in [0.1, 0.15) is 24.8 Å². The number of hydrogen-bond donors (Lipinski definition) is 2. The van der Waals surface area contributed by atoms with Gasteiger partial charge in [-0.3, -0.25) is 4.79 Å². The summed E-state index contributed by atoms with van der Waals surface area (Å²) in [6.45, 7) is 1.18. The highest BCUT2D eigenvalue weighted by atomic mass is 16.6. The molecule has 3 atom stereocenters. The summed E-state index contributed by atoms with van der Waals surface area (Å²) in [5.41, 5.74) is 1.77. The van der Waals surface area contributed by atoms with Gasteiger partial charge in [-0.1, -0.05) is 60.7 Å². The molecule has 0 bridgehead atoms. The van der Waals surface area contributed by atoms with Crippen LogP contribution in [0.1, 0.15) is 43.2 Å². The minimum Gasteiger partial charge on any atom is -0.480 e. The molecule has 10 nitrogen and oxygen atoms in total. The number of hydrogen-bond acceptors (Lipinski definition) is 6. The molecule has 3 amide bonds. The molecular formula is C29H35N3O7. The van der Waals surface area contributed by atoms with Crippen molar-refractivity contribution >= 4 is 24.1 Å². The lowest BCUT2D eigenvalue weighted by Gasteiger charge is -2.28. The first kappa shape index (κ1) is 27.9. The predicted octanol–water partition coefficient (Wildman–Crippen LogP) is 3.59. The van der Waals surface area contributed by atoms with E-state index < -0.39 is 42.3 Å². The highest BCUT2D eigenvalue weighted by molar-refractivity contribution is 5.90. The van der Waals surface area contributed by atoms with Gasteiger partial charge in [0.05, 0.1) is 6.54 Å². The van der Waals surface area contributed by atoms with E-state index in [1.54, 1.807) is 4.90 Å². The van der Waals surface area contributed by atoms with Crippen molar-refractivity contribution in [3.63, 3.8) is 0 Å². The first-order valence-electron chi connectivity index (χ1n) is 13.4. The molecule has 2 aliphatic rings. The summed E-state index contributed by atoms with van der Waals surface area (Å²) >= 11 is 0. The van der Waals surface area contributed by atoms with E-state index in [-0.39, 0.29) is 26.0 Å². The van der Waals surface area contributed by atoms with Crippen LogP contribution in [0.15, 0.2) is 60.7 Å². The lowest BCUT2D eigenvalue weighted by Crippen LogP contribution is -2.52. The van der Waals surface area contributed by atoms with Crippen molar-refractivity contribution in [2.45, 2.75) is 63.3 Å². The second-order valence-electron chi connectivity index (χ2n) is 9.92. The zero-order valence-electron chi connectivity index (χ0n) is 21.9. The van der Waals surface area contributed by atoms with E-state index >= 15 is 0 Å². The Bertz CT molecular complexity index is 1120. The molecule has 208 valence electrons. The van der Waals surface area contributed by atoms with E-state index in [1.165, 1.54) is 4.90 Å². The molecule has 2 aromatic carbocycles. The van der Waals surface area contributed by atoms with Crippen LogP contribution in [-0.2, 0) is 32.1 Å². The van der Waals surface area contributed by atoms with Gasteiger partial charge in [0.15, 0.2) is 0 Å². The maximum atomic E-state index is 13.7. The van der Waals surface area contributed by atoms with Gasteiger partial charge < -0.3 is 29.7 Å². The van der Waals surface area contributed by atoms with Crippen LogP contribution in [0.2, 0.25) is 0 Å². The molecule has 2 heterocycles. The van der Waals surface area contributed by atoms with Crippen molar-refractivity contribution in [3.8, 4) is 0 Å². The minimum absolute atomic E-state index is 0.00941. The van der Waals surface area contributed by atoms with Gasteiger partial charge in [-0.05, 0) is 43.2 Å². The fraction of sp³-hybridized carbons (Fsp3) is 0.448. The fourth-order valence-corrected chi connectivity index (χ4v) is 4.97. The summed E-state index contributed by atoms with van der Waals surface area (Å²) in [5.74, 6) is -1.74. The molecule has 2 N–H and O–H groups in total. The van der Waals surface area contributed by atoms with E-state index in [1.807, 2.05) is 60.7 Å². The fourth-order valence-electron chi connectivity index (χ4n) is 4.97. The van der Waals surface area contributed by atoms with Crippen LogP contribution in [0.25, 0.3) is 0 Å². The van der Waals surface area contributed by atoms with E-state index in [0.717, 1.165) is 30.4 Å². The normalized spacial score (nSPS) is 19.7. The molecular weight excluding hydrogens is 502 g/mol. The SMILES string of the molecule is O=C(N[C@H](CCc1ccccc1)C(=O)N1C[C@H](OC(=O)N2CCCCC2)C[C@H]1C(=O)O)OCc1ccccc1. The van der Waals surface area contributed by atoms with Crippen LogP contribution in [0, 0.1) is 0 Å². The number of ether oxygens (including phenoxy) is 2. The number of carbonyl (C=O) groups is 4. The number of nitrogens with zero attached hydrogens (tertiary/aromatic N) is 2. The number of amides is 3. The Morgan fingerprint density at radius 1 is 0.923 bits per heavy atom. The highest BCUT2D eigenvalue weighted by Gasteiger charge is 2.44. The Balaban J connectivity index is 1.43. The zero-order valence-corrected chi connectivity index (χ0v) is 21.9. The van der Waals surface area contributed by atoms with Crippen molar-refractivity contribution in [2.24, 2.45) is 0 Å². The lowest BCUT2D eigenvalue weighted by molar-refractivity contribution is -0.149. The molecule has 2 fully saturated rings. The number of aryl methyl sites for hydroxylation is 1. The first-order chi connectivity index (χ1) is 18.9. The van der Waals surface area contributed by atoms with Gasteiger partial charge in [-0.25, -0.2) is 14.4 Å². The zero-order chi connectivity index (χ0) is 27.6. The molecule has 0 aliphatic carbocycles. The summed E-state index contributed by atoms with van der Waals surface area (Å²) in [7, 11) is 0. The van der Waals surface area contributed by atoms with Crippen molar-refractivity contribution in [3.05, 3.63) is 71.8 Å². The summed E-state index contributed by atoms with van der Waals surface area (Å²) < 4.78 is 10.9. The Kier molecular flexibility index (Phi) is 9.77. The quantitative estimate of drug-likeness (QED) is 0.501. The smallest absolute Gasteiger partial charge is 0.410 e. The molecule has 0 radical (unpaired) electrons. The van der Waals surface area contributed by atoms with Crippen molar-refractivity contribution < 1.29 is 33.8 Å². The van der Waals surface area contributed by atoms with Crippen molar-refractivity contribution in [1.82, 2.24) is 15.1 Å². The third kappa shape index (κ3) is 7.95. The average molecular weight is 538 g/mol. The van der Waals surface area contributed by atoms with E-state index in [4.69, 9.17) is 9.47 Å². The van der Waals surface area contributed by atoms with Gasteiger partial charge in [-0.15, -0.1) is 0 Å². The van der Waals surface area contributed by atoms with Crippen LogP contribution in [0.3, 0.4) is 0 Å². The Morgan fingerprint density at radius 3 is 2.21 bits per heavy atom. The summed E-state index contributed by atoms with van der Waals surface area (Å²) in [6, 6.07) is 16.5. The third-order valence-electron chi connectivity index (χ3n) is 7.08. The van der Waals surface area contributed by atoms with E-state index in [0.29, 0.717) is 19.5 Å². The molecule has 2 saturated heterocycles. The summed E-state index contributed by atoms with van der Waals surface area (Å²) in [6.07, 6.45) is 1.57. The van der Waals surface area contributed by atoms with Crippen LogP contribution in [0.4, 0.5) is 9.59 Å². The molecule has 2 aromatic rings. The topological polar surface area (TPSA) is 125 Å². The van der Waals surface area contributed by atoms with Gasteiger partial charge in [0.25, 0.3) is 0 Å². The maximum absolute atomic E-state index is 13.7. The first-order valence-corrected chi connectivity index (χ1v) is 13.4. The van der Waals surface area contributed by atoms with Gasteiger partial charge in [-0.2, -0.15) is 0 Å². The van der Waals surface area contributed by atoms with Crippen LogP contribution < -0.4 is 5.32 Å². The minimum atomic E-state index is -1.19. The van der Waals surface area contributed by atoms with Crippen molar-refractivity contribution in [2.75, 3.05) is 19.6 Å². The number of likely N-dealkylation sites (tertiary alicyclic amines) is 2. The predicted molar refractivity (Wildman–Crippen MR) is 142 cm³/mol. The molecule has 0 unspecified atom stereocenters. The number of rotatable bonds is 9. The molecule has 0 aromatic heterocycles. The number of alkyl carbamates (subject to hydrolysis) is 1. The van der Waals surface area contributed by atoms with Gasteiger partial charge >= 0.3 is 18.2 Å². The number of carboxylic acids is 1. The summed E-state index contributed by atoms with van der Waals surface area (Å²) in [5, 5.41) is 12.5. The van der Waals surface area contributed by atoms with Crippen LogP contribution >= 0.6 is 0 Å². The standard InChI is InChI=1S/C29H35N3O7/c33-26(32-19-23(18-25(32)27(34)35)39-29(37)31-16-8-3-9-17-31)24(15-14-21-10-4-1-5-11-21)30-28(36)38-20-22-12-6-2-7-13-22/h1-2,4-7,10-13,23-25H,3,8-9,14-20H2,(H,30,36)(H,34,35)/t23-,24-,25+/m1/s1. The van der Waals surface area contributed by atoms with Crippen molar-refractivity contribution in [1.29, 1.82) is 0 Å². The molecule has 2 aliphatic heterocycles. The van der Waals surface area contributed by atoms with E-state index in [9.17, 15) is 24.3 Å². The largest absolute Gasteiger partial charge is 0.480 e. The second-order valence-corrected chi connectivity index (χ2v) is 9.92. The monoisotopic (exact) mass is 537 g/mol. The highest BCUT2D eigenvalue weighted by Crippen LogP contribution is 2.24. The number of piperidine rings is 1. The molecule has 10 heteroatoms. The third-order valence-corrected chi connectivity index (χ3v) is 7.08. The number of aliphatic carboxylic acids is 1. The number of carboxylic acid groups (broad SMARTS) is 1. The van der Waals surface area contributed by atoms with E-state index in [2.05, 4.69) is 5.32 Å². The summed E-state index contributed by atoms with van der Waals surface area (Å²) in [4.78, 5) is 53.8. The molecule has 39 heavy (non-hydrogen) atoms. The Labute approximate surface area is 227 Å². The lowest BCUT2D eigenvalue weighted by atomic mass is 10.0. The second kappa shape index (κ2) is 13.6. The molecule has 0 saturated carbocycles. The van der Waals surface area contributed by atoms with Gasteiger partial charge in [0, 0.05) is 19.5 Å². The Hall–Kier alpha value is -4.08. The molecule has 4 rings (SSSR count). The Morgan fingerprint density at radius 2 is 1.56 bits per heavy atom.